The third-order valence-corrected chi connectivity index (χ3v) is 4.29. The zero-order chi connectivity index (χ0) is 19.2. The summed E-state index contributed by atoms with van der Waals surface area (Å²) in [5, 5.41) is 18.8. The van der Waals surface area contributed by atoms with E-state index >= 15 is 0 Å². The maximum absolute atomic E-state index is 12.2. The first kappa shape index (κ1) is 18.7. The summed E-state index contributed by atoms with van der Waals surface area (Å²) in [4.78, 5) is 24.1. The van der Waals surface area contributed by atoms with Crippen LogP contribution < -0.4 is 10.6 Å². The average Bonchev–Trinajstić information content (AvgIpc) is 3.16. The molecule has 8 heteroatoms. The molecule has 2 amide bonds. The second kappa shape index (κ2) is 8.50. The number of carbonyl (C=O) groups excluding carboxylic acids is 2. The second-order valence-electron chi connectivity index (χ2n) is 5.71. The molecule has 7 nitrogen and oxygen atoms in total. The number of hydrogen-bond donors (Lipinski definition) is 3. The van der Waals surface area contributed by atoms with E-state index in [1.54, 1.807) is 10.9 Å². The van der Waals surface area contributed by atoms with Gasteiger partial charge in [-0.1, -0.05) is 15.9 Å². The standard InChI is InChI=1S/C19H17BrN4O3/c20-15-3-5-16(6-4-15)24-12-14(11-23-24)19(27)22-10-9-21-18(26)13-1-7-17(25)8-2-13/h1-8,11-12,25H,9-10H2,(H,21,26)(H,22,27). The topological polar surface area (TPSA) is 96.3 Å². The van der Waals surface area contributed by atoms with Crippen LogP contribution in [-0.4, -0.2) is 39.8 Å². The molecular weight excluding hydrogens is 412 g/mol. The number of rotatable bonds is 6. The Morgan fingerprint density at radius 2 is 1.52 bits per heavy atom. The smallest absolute Gasteiger partial charge is 0.254 e. The van der Waals surface area contributed by atoms with Crippen molar-refractivity contribution < 1.29 is 14.7 Å². The minimum Gasteiger partial charge on any atom is -0.508 e. The van der Waals surface area contributed by atoms with Crippen LogP contribution >= 0.6 is 15.9 Å². The Bertz CT molecular complexity index is 936. The van der Waals surface area contributed by atoms with E-state index in [4.69, 9.17) is 0 Å². The monoisotopic (exact) mass is 428 g/mol. The van der Waals surface area contributed by atoms with Crippen molar-refractivity contribution in [2.24, 2.45) is 0 Å². The van der Waals surface area contributed by atoms with E-state index in [1.807, 2.05) is 24.3 Å². The summed E-state index contributed by atoms with van der Waals surface area (Å²) in [5.41, 5.74) is 1.72. The number of aromatic hydroxyl groups is 1. The van der Waals surface area contributed by atoms with Gasteiger partial charge in [-0.05, 0) is 48.5 Å². The molecule has 0 aliphatic rings. The van der Waals surface area contributed by atoms with Gasteiger partial charge in [-0.2, -0.15) is 5.10 Å². The highest BCUT2D eigenvalue weighted by molar-refractivity contribution is 9.10. The van der Waals surface area contributed by atoms with Gasteiger partial charge in [0.05, 0.1) is 17.4 Å². The molecular formula is C19H17BrN4O3. The number of hydrogen-bond acceptors (Lipinski definition) is 4. The van der Waals surface area contributed by atoms with Crippen molar-refractivity contribution in [1.82, 2.24) is 20.4 Å². The molecule has 0 saturated carbocycles. The molecule has 0 saturated heterocycles. The maximum atomic E-state index is 12.2. The first-order valence-corrected chi connectivity index (χ1v) is 8.98. The fourth-order valence-electron chi connectivity index (χ4n) is 2.34. The first-order chi connectivity index (χ1) is 13.0. The van der Waals surface area contributed by atoms with Gasteiger partial charge in [0.25, 0.3) is 11.8 Å². The number of nitrogens with zero attached hydrogens (tertiary/aromatic N) is 2. The third kappa shape index (κ3) is 4.95. The van der Waals surface area contributed by atoms with Crippen LogP contribution in [-0.2, 0) is 0 Å². The minimum atomic E-state index is -0.271. The Morgan fingerprint density at radius 1 is 0.926 bits per heavy atom. The summed E-state index contributed by atoms with van der Waals surface area (Å²) in [5.74, 6) is -0.438. The normalized spacial score (nSPS) is 10.4. The lowest BCUT2D eigenvalue weighted by Gasteiger charge is -2.06. The molecule has 1 heterocycles. The number of phenols is 1. The lowest BCUT2D eigenvalue weighted by Crippen LogP contribution is -2.34. The van der Waals surface area contributed by atoms with Crippen molar-refractivity contribution in [3.63, 3.8) is 0 Å². The SMILES string of the molecule is O=C(NCCNC(=O)c1cnn(-c2ccc(Br)cc2)c1)c1ccc(O)cc1. The molecule has 0 aliphatic heterocycles. The van der Waals surface area contributed by atoms with Crippen molar-refractivity contribution >= 4 is 27.7 Å². The van der Waals surface area contributed by atoms with Crippen molar-refractivity contribution in [3.05, 3.63) is 76.5 Å². The first-order valence-electron chi connectivity index (χ1n) is 8.19. The van der Waals surface area contributed by atoms with E-state index in [9.17, 15) is 14.7 Å². The van der Waals surface area contributed by atoms with Crippen LogP contribution in [0, 0.1) is 0 Å². The number of benzene rings is 2. The van der Waals surface area contributed by atoms with Gasteiger partial charge < -0.3 is 15.7 Å². The van der Waals surface area contributed by atoms with Crippen LogP contribution in [0.4, 0.5) is 0 Å². The van der Waals surface area contributed by atoms with Gasteiger partial charge in [0.2, 0.25) is 0 Å². The Kier molecular flexibility index (Phi) is 5.87. The molecule has 0 spiro atoms. The molecule has 0 unspecified atom stereocenters. The number of aromatic nitrogens is 2. The van der Waals surface area contributed by atoms with Crippen LogP contribution in [0.5, 0.6) is 5.75 Å². The lowest BCUT2D eigenvalue weighted by atomic mass is 10.2. The number of nitrogens with one attached hydrogen (secondary N) is 2. The van der Waals surface area contributed by atoms with E-state index in [2.05, 4.69) is 31.7 Å². The fourth-order valence-corrected chi connectivity index (χ4v) is 2.61. The van der Waals surface area contributed by atoms with Gasteiger partial charge in [-0.3, -0.25) is 9.59 Å². The molecule has 3 N–H and O–H groups in total. The summed E-state index contributed by atoms with van der Waals surface area (Å²) >= 11 is 3.37. The van der Waals surface area contributed by atoms with Crippen molar-refractivity contribution in [1.29, 1.82) is 0 Å². The quantitative estimate of drug-likeness (QED) is 0.525. The predicted octanol–water partition coefficient (Wildman–Crippen LogP) is 2.50. The molecule has 0 fully saturated rings. The maximum Gasteiger partial charge on any atom is 0.254 e. The van der Waals surface area contributed by atoms with Crippen molar-refractivity contribution in [2.75, 3.05) is 13.1 Å². The van der Waals surface area contributed by atoms with Gasteiger partial charge in [0.15, 0.2) is 0 Å². The summed E-state index contributed by atoms with van der Waals surface area (Å²) < 4.78 is 2.58. The average molecular weight is 429 g/mol. The van der Waals surface area contributed by atoms with Gasteiger partial charge in [-0.15, -0.1) is 0 Å². The van der Waals surface area contributed by atoms with Crippen LogP contribution in [0.2, 0.25) is 0 Å². The largest absolute Gasteiger partial charge is 0.508 e. The molecule has 0 aliphatic carbocycles. The van der Waals surface area contributed by atoms with E-state index in [0.717, 1.165) is 10.2 Å². The summed E-state index contributed by atoms with van der Waals surface area (Å²) in [6.45, 7) is 0.568. The highest BCUT2D eigenvalue weighted by Gasteiger charge is 2.10. The third-order valence-electron chi connectivity index (χ3n) is 3.76. The highest BCUT2D eigenvalue weighted by atomic mass is 79.9. The number of phenolic OH excluding ortho intramolecular Hbond substituents is 1. The highest BCUT2D eigenvalue weighted by Crippen LogP contribution is 2.14. The summed E-state index contributed by atoms with van der Waals surface area (Å²) in [6, 6.07) is 13.5. The Balaban J connectivity index is 1.47. The summed E-state index contributed by atoms with van der Waals surface area (Å²) in [7, 11) is 0. The molecule has 0 atom stereocenters. The zero-order valence-electron chi connectivity index (χ0n) is 14.2. The Labute approximate surface area is 164 Å². The van der Waals surface area contributed by atoms with Gasteiger partial charge in [-0.25, -0.2) is 4.68 Å². The predicted molar refractivity (Wildman–Crippen MR) is 104 cm³/mol. The van der Waals surface area contributed by atoms with Crippen LogP contribution in [0.1, 0.15) is 20.7 Å². The fraction of sp³-hybridized carbons (Fsp3) is 0.105. The molecule has 3 aromatic rings. The van der Waals surface area contributed by atoms with Crippen molar-refractivity contribution in [3.8, 4) is 11.4 Å². The minimum absolute atomic E-state index is 0.0995. The number of halogens is 1. The molecule has 0 radical (unpaired) electrons. The molecule has 1 aromatic heterocycles. The van der Waals surface area contributed by atoms with E-state index < -0.39 is 0 Å². The lowest BCUT2D eigenvalue weighted by molar-refractivity contribution is 0.0927. The molecule has 27 heavy (non-hydrogen) atoms. The Hall–Kier alpha value is -3.13. The van der Waals surface area contributed by atoms with Gasteiger partial charge in [0, 0.05) is 29.3 Å². The van der Waals surface area contributed by atoms with Gasteiger partial charge >= 0.3 is 0 Å². The van der Waals surface area contributed by atoms with E-state index in [0.29, 0.717) is 11.1 Å². The number of amides is 2. The van der Waals surface area contributed by atoms with Crippen LogP contribution in [0.3, 0.4) is 0 Å². The molecule has 138 valence electrons. The molecule has 3 rings (SSSR count). The second-order valence-corrected chi connectivity index (χ2v) is 6.62. The summed E-state index contributed by atoms with van der Waals surface area (Å²) in [6.07, 6.45) is 3.14. The van der Waals surface area contributed by atoms with Crippen LogP contribution in [0.15, 0.2) is 65.4 Å². The number of carbonyl (C=O) groups is 2. The molecule has 2 aromatic carbocycles. The Morgan fingerprint density at radius 3 is 2.15 bits per heavy atom. The van der Waals surface area contributed by atoms with Crippen LogP contribution in [0.25, 0.3) is 5.69 Å². The van der Waals surface area contributed by atoms with E-state index in [-0.39, 0.29) is 30.7 Å². The molecule has 0 bridgehead atoms. The van der Waals surface area contributed by atoms with Crippen molar-refractivity contribution in [2.45, 2.75) is 0 Å². The van der Waals surface area contributed by atoms with E-state index in [1.165, 1.54) is 30.5 Å². The zero-order valence-corrected chi connectivity index (χ0v) is 15.8. The van der Waals surface area contributed by atoms with Gasteiger partial charge in [0.1, 0.15) is 5.75 Å².